The zero-order valence-corrected chi connectivity index (χ0v) is 21.3. The maximum Gasteiger partial charge on any atom is 0.248 e. The third-order valence-corrected chi connectivity index (χ3v) is 8.39. The van der Waals surface area contributed by atoms with Gasteiger partial charge in [0, 0.05) is 59.7 Å². The van der Waals surface area contributed by atoms with E-state index in [4.69, 9.17) is 9.51 Å². The Kier molecular flexibility index (Phi) is 5.39. The van der Waals surface area contributed by atoms with Crippen LogP contribution in [0.4, 0.5) is 8.78 Å². The summed E-state index contributed by atoms with van der Waals surface area (Å²) in [6.07, 6.45) is 9.25. The molecule has 2 saturated carbocycles. The number of aryl methyl sites for hydroxylation is 2. The van der Waals surface area contributed by atoms with E-state index in [0.717, 1.165) is 50.4 Å². The highest BCUT2D eigenvalue weighted by Crippen LogP contribution is 2.45. The minimum atomic E-state index is -2.55. The van der Waals surface area contributed by atoms with Crippen LogP contribution < -0.4 is 0 Å². The number of fused-ring (bicyclic) bond motifs is 1. The molecule has 0 spiro atoms. The Bertz CT molecular complexity index is 1430. The van der Waals surface area contributed by atoms with Crippen LogP contribution in [0.15, 0.2) is 41.3 Å². The zero-order chi connectivity index (χ0) is 25.2. The Labute approximate surface area is 211 Å². The van der Waals surface area contributed by atoms with Crippen molar-refractivity contribution in [2.75, 3.05) is 0 Å². The van der Waals surface area contributed by atoms with Crippen molar-refractivity contribution in [3.05, 3.63) is 53.9 Å². The lowest BCUT2D eigenvalue weighted by atomic mass is 9.52. The monoisotopic (exact) mass is 486 g/mol. The van der Waals surface area contributed by atoms with E-state index in [1.165, 1.54) is 12.8 Å². The van der Waals surface area contributed by atoms with Crippen molar-refractivity contribution in [1.82, 2.24) is 19.7 Å². The topological polar surface area (TPSA) is 56.7 Å². The maximum atomic E-state index is 14.0. The molecule has 9 heteroatoms. The van der Waals surface area contributed by atoms with Crippen molar-refractivity contribution in [2.45, 2.75) is 69.6 Å². The highest BCUT2D eigenvalue weighted by atomic mass is 19.3. The lowest BCUT2D eigenvalue weighted by Gasteiger charge is -2.41. The van der Waals surface area contributed by atoms with E-state index >= 15 is 0 Å². The molecule has 0 aromatic carbocycles. The van der Waals surface area contributed by atoms with Gasteiger partial charge in [-0.25, -0.2) is 8.78 Å². The molecule has 184 valence electrons. The van der Waals surface area contributed by atoms with Gasteiger partial charge in [-0.2, -0.15) is 0 Å². The van der Waals surface area contributed by atoms with Gasteiger partial charge in [-0.1, -0.05) is 5.16 Å². The molecule has 4 heterocycles. The molecule has 2 fully saturated rings. The van der Waals surface area contributed by atoms with Crippen LogP contribution in [0.2, 0.25) is 0 Å². The standard InChI is InChI=1S/C27H30B2F2N4O/c1-15-24(16(2)36-34-15)19-12-23-25(33-13-19)21(18-7-10-32-22(11-18)17-3-4-17)14-35(23)27(28,29)20-5-8-26(30,31)9-6-20/h7,10-14,17,20H,3-6,8-9,28-29H2,1-2H3. The number of rotatable bonds is 5. The minimum Gasteiger partial charge on any atom is -0.361 e. The molecular formula is C27H30B2F2N4O. The number of nitrogens with zero attached hydrogens (tertiary/aromatic N) is 4. The van der Waals surface area contributed by atoms with Crippen molar-refractivity contribution in [3.63, 3.8) is 0 Å². The van der Waals surface area contributed by atoms with E-state index in [1.807, 2.05) is 32.3 Å². The SMILES string of the molecule is BC(B)(C1CCC(F)(F)CC1)n1cc(-c2ccnc(C3CC3)c2)c2ncc(-c3c(C)noc3C)cc21. The van der Waals surface area contributed by atoms with Gasteiger partial charge in [-0.05, 0) is 74.5 Å². The molecule has 4 aromatic rings. The Morgan fingerprint density at radius 3 is 2.47 bits per heavy atom. The fraction of sp³-hybridized carbons (Fsp3) is 0.444. The Morgan fingerprint density at radius 2 is 1.81 bits per heavy atom. The molecule has 6 rings (SSSR count). The van der Waals surface area contributed by atoms with E-state index in [1.54, 1.807) is 0 Å². The van der Waals surface area contributed by atoms with Crippen LogP contribution in [-0.2, 0) is 5.34 Å². The summed E-state index contributed by atoms with van der Waals surface area (Å²) in [5, 5.41) is 3.77. The number of hydrogen-bond donors (Lipinski definition) is 0. The second kappa shape index (κ2) is 8.29. The summed E-state index contributed by atoms with van der Waals surface area (Å²) in [7, 11) is 4.35. The average molecular weight is 486 g/mol. The van der Waals surface area contributed by atoms with Crippen LogP contribution >= 0.6 is 0 Å². The molecule has 2 aliphatic rings. The fourth-order valence-corrected chi connectivity index (χ4v) is 5.99. The predicted molar refractivity (Wildman–Crippen MR) is 142 cm³/mol. The number of pyridine rings is 2. The Morgan fingerprint density at radius 1 is 1.06 bits per heavy atom. The summed E-state index contributed by atoms with van der Waals surface area (Å²) in [5.74, 6) is -1.10. The molecule has 0 radical (unpaired) electrons. The van der Waals surface area contributed by atoms with Crippen LogP contribution in [-0.4, -0.2) is 41.3 Å². The van der Waals surface area contributed by atoms with Gasteiger partial charge < -0.3 is 9.09 Å². The van der Waals surface area contributed by atoms with Gasteiger partial charge in [0.2, 0.25) is 5.92 Å². The molecule has 5 nitrogen and oxygen atoms in total. The normalized spacial score (nSPS) is 18.7. The smallest absolute Gasteiger partial charge is 0.248 e. The van der Waals surface area contributed by atoms with Crippen LogP contribution in [0.3, 0.4) is 0 Å². The molecule has 4 aromatic heterocycles. The van der Waals surface area contributed by atoms with Crippen molar-refractivity contribution in [3.8, 4) is 22.3 Å². The average Bonchev–Trinajstić information content (AvgIpc) is 3.55. The number of alkyl halides is 2. The minimum absolute atomic E-state index is 0.0508. The molecule has 2 aliphatic carbocycles. The number of aromatic nitrogens is 4. The highest BCUT2D eigenvalue weighted by molar-refractivity contribution is 6.38. The molecule has 0 aliphatic heterocycles. The van der Waals surface area contributed by atoms with E-state index in [9.17, 15) is 8.78 Å². The van der Waals surface area contributed by atoms with Crippen LogP contribution in [0.25, 0.3) is 33.3 Å². The third-order valence-electron chi connectivity index (χ3n) is 8.39. The summed E-state index contributed by atoms with van der Waals surface area (Å²) in [5.41, 5.74) is 7.91. The first-order chi connectivity index (χ1) is 17.1. The van der Waals surface area contributed by atoms with Gasteiger partial charge in [0.05, 0.1) is 16.7 Å². The van der Waals surface area contributed by atoms with Crippen LogP contribution in [0.5, 0.6) is 0 Å². The number of hydrogen-bond acceptors (Lipinski definition) is 4. The largest absolute Gasteiger partial charge is 0.361 e. The van der Waals surface area contributed by atoms with Gasteiger partial charge >= 0.3 is 0 Å². The molecule has 0 amide bonds. The van der Waals surface area contributed by atoms with E-state index < -0.39 is 5.92 Å². The second-order valence-corrected chi connectivity index (χ2v) is 11.2. The Hall–Kier alpha value is -2.96. The first-order valence-electron chi connectivity index (χ1n) is 12.9. The lowest BCUT2D eigenvalue weighted by molar-refractivity contribution is -0.0498. The quantitative estimate of drug-likeness (QED) is 0.375. The van der Waals surface area contributed by atoms with Crippen molar-refractivity contribution < 1.29 is 13.3 Å². The van der Waals surface area contributed by atoms with E-state index in [-0.39, 0.29) is 24.1 Å². The molecule has 0 N–H and O–H groups in total. The lowest BCUT2D eigenvalue weighted by Crippen LogP contribution is -2.45. The summed E-state index contributed by atoms with van der Waals surface area (Å²) >= 11 is 0. The van der Waals surface area contributed by atoms with Gasteiger partial charge in [0.15, 0.2) is 0 Å². The van der Waals surface area contributed by atoms with E-state index in [2.05, 4.69) is 48.7 Å². The fourth-order valence-electron chi connectivity index (χ4n) is 5.99. The summed E-state index contributed by atoms with van der Waals surface area (Å²) in [6.45, 7) is 3.84. The molecule has 0 unspecified atom stereocenters. The van der Waals surface area contributed by atoms with Crippen molar-refractivity contribution in [1.29, 1.82) is 0 Å². The van der Waals surface area contributed by atoms with Gasteiger partial charge in [0.25, 0.3) is 0 Å². The summed E-state index contributed by atoms with van der Waals surface area (Å²) in [4.78, 5) is 9.56. The maximum absolute atomic E-state index is 14.0. The zero-order valence-electron chi connectivity index (χ0n) is 21.3. The predicted octanol–water partition coefficient (Wildman–Crippen LogP) is 4.95. The second-order valence-electron chi connectivity index (χ2n) is 11.2. The molecule has 0 atom stereocenters. The molecule has 36 heavy (non-hydrogen) atoms. The number of halogens is 2. The third kappa shape index (κ3) is 3.97. The first kappa shape index (κ1) is 23.4. The summed E-state index contributed by atoms with van der Waals surface area (Å²) < 4.78 is 35.7. The van der Waals surface area contributed by atoms with Crippen molar-refractivity contribution in [2.24, 2.45) is 5.92 Å². The molecule has 0 bridgehead atoms. The van der Waals surface area contributed by atoms with Crippen molar-refractivity contribution >= 4 is 26.7 Å². The van der Waals surface area contributed by atoms with Gasteiger partial charge in [-0.3, -0.25) is 9.97 Å². The first-order valence-corrected chi connectivity index (χ1v) is 12.9. The molecule has 0 saturated heterocycles. The van der Waals surface area contributed by atoms with Crippen LogP contribution in [0, 0.1) is 19.8 Å². The van der Waals surface area contributed by atoms with Gasteiger partial charge in [-0.15, -0.1) is 0 Å². The van der Waals surface area contributed by atoms with Gasteiger partial charge in [0.1, 0.15) is 21.5 Å². The Balaban J connectivity index is 1.52. The summed E-state index contributed by atoms with van der Waals surface area (Å²) in [6, 6.07) is 6.39. The van der Waals surface area contributed by atoms with Crippen LogP contribution in [0.1, 0.15) is 61.6 Å². The van der Waals surface area contributed by atoms with E-state index in [0.29, 0.717) is 18.8 Å². The highest BCUT2D eigenvalue weighted by Gasteiger charge is 2.41. The molecular weight excluding hydrogens is 456 g/mol.